The standard InChI is InChI=1S/C12H12ClF3O2/c13-10-5-8(12(14,15)16)1-2-11(10)18-9-3-7(4-9)6-17/h1-2,5,7,9,17H,3-4,6H2/t7-,9-. The second kappa shape index (κ2) is 4.97. The lowest BCUT2D eigenvalue weighted by atomic mass is 9.83. The fourth-order valence-corrected chi connectivity index (χ4v) is 2.10. The minimum Gasteiger partial charge on any atom is -0.489 e. The molecule has 0 saturated heterocycles. The van der Waals surface area contributed by atoms with E-state index in [1.54, 1.807) is 0 Å². The van der Waals surface area contributed by atoms with Gasteiger partial charge in [-0.2, -0.15) is 13.2 Å². The van der Waals surface area contributed by atoms with E-state index in [-0.39, 0.29) is 29.4 Å². The van der Waals surface area contributed by atoms with Crippen molar-refractivity contribution in [2.45, 2.75) is 25.1 Å². The number of rotatable bonds is 3. The van der Waals surface area contributed by atoms with Crippen LogP contribution in [0.5, 0.6) is 5.75 Å². The molecular weight excluding hydrogens is 269 g/mol. The van der Waals surface area contributed by atoms with Gasteiger partial charge in [0.1, 0.15) is 5.75 Å². The molecule has 2 rings (SSSR count). The first-order valence-electron chi connectivity index (χ1n) is 5.54. The monoisotopic (exact) mass is 280 g/mol. The molecule has 6 heteroatoms. The largest absolute Gasteiger partial charge is 0.489 e. The molecule has 1 aromatic rings. The molecule has 0 heterocycles. The maximum absolute atomic E-state index is 12.4. The Morgan fingerprint density at radius 2 is 2.00 bits per heavy atom. The molecule has 1 saturated carbocycles. The Balaban J connectivity index is 2.02. The Morgan fingerprint density at radius 1 is 1.33 bits per heavy atom. The van der Waals surface area contributed by atoms with Gasteiger partial charge in [0.05, 0.1) is 16.7 Å². The number of halogens is 4. The average Bonchev–Trinajstić information content (AvgIpc) is 2.23. The molecule has 0 bridgehead atoms. The SMILES string of the molecule is OC[C@H]1C[C@H](Oc2ccc(C(F)(F)F)cc2Cl)C1. The number of hydrogen-bond donors (Lipinski definition) is 1. The lowest BCUT2D eigenvalue weighted by molar-refractivity contribution is -0.137. The Bertz CT molecular complexity index is 428. The van der Waals surface area contributed by atoms with Crippen molar-refractivity contribution in [2.75, 3.05) is 6.61 Å². The molecule has 1 aliphatic carbocycles. The van der Waals surface area contributed by atoms with Crippen molar-refractivity contribution in [2.24, 2.45) is 5.92 Å². The van der Waals surface area contributed by atoms with E-state index in [0.29, 0.717) is 12.8 Å². The Labute approximate surface area is 107 Å². The zero-order chi connectivity index (χ0) is 13.3. The van der Waals surface area contributed by atoms with Crippen LogP contribution in [0.4, 0.5) is 13.2 Å². The van der Waals surface area contributed by atoms with Crippen molar-refractivity contribution in [3.05, 3.63) is 28.8 Å². The molecule has 1 aromatic carbocycles. The first-order chi connectivity index (χ1) is 8.40. The highest BCUT2D eigenvalue weighted by atomic mass is 35.5. The van der Waals surface area contributed by atoms with Gasteiger partial charge in [-0.3, -0.25) is 0 Å². The average molecular weight is 281 g/mol. The topological polar surface area (TPSA) is 29.5 Å². The molecule has 0 aromatic heterocycles. The van der Waals surface area contributed by atoms with Crippen LogP contribution in [-0.2, 0) is 6.18 Å². The van der Waals surface area contributed by atoms with Crippen LogP contribution in [0.3, 0.4) is 0 Å². The normalized spacial score (nSPS) is 23.6. The van der Waals surface area contributed by atoms with Crippen LogP contribution in [0.2, 0.25) is 5.02 Å². The molecule has 2 nitrogen and oxygen atoms in total. The molecule has 0 atom stereocenters. The first kappa shape index (κ1) is 13.5. The van der Waals surface area contributed by atoms with E-state index in [1.807, 2.05) is 0 Å². The van der Waals surface area contributed by atoms with Gasteiger partial charge in [-0.15, -0.1) is 0 Å². The van der Waals surface area contributed by atoms with Gasteiger partial charge >= 0.3 is 6.18 Å². The summed E-state index contributed by atoms with van der Waals surface area (Å²) in [7, 11) is 0. The second-order valence-corrected chi connectivity index (χ2v) is 4.81. The lowest BCUT2D eigenvalue weighted by Crippen LogP contribution is -2.35. The van der Waals surface area contributed by atoms with Crippen molar-refractivity contribution < 1.29 is 23.0 Å². The van der Waals surface area contributed by atoms with Crippen LogP contribution in [-0.4, -0.2) is 17.8 Å². The third-order valence-corrected chi connectivity index (χ3v) is 3.30. The van der Waals surface area contributed by atoms with Crippen molar-refractivity contribution in [3.63, 3.8) is 0 Å². The van der Waals surface area contributed by atoms with Gasteiger partial charge in [0.15, 0.2) is 0 Å². The maximum Gasteiger partial charge on any atom is 0.416 e. The molecule has 1 fully saturated rings. The molecule has 100 valence electrons. The van der Waals surface area contributed by atoms with E-state index >= 15 is 0 Å². The quantitative estimate of drug-likeness (QED) is 0.918. The zero-order valence-electron chi connectivity index (χ0n) is 9.38. The summed E-state index contributed by atoms with van der Waals surface area (Å²) in [5, 5.41) is 8.80. The highest BCUT2D eigenvalue weighted by Gasteiger charge is 2.33. The van der Waals surface area contributed by atoms with E-state index in [4.69, 9.17) is 21.4 Å². The number of alkyl halides is 3. The summed E-state index contributed by atoms with van der Waals surface area (Å²) >= 11 is 5.76. The summed E-state index contributed by atoms with van der Waals surface area (Å²) in [5.74, 6) is 0.481. The van der Waals surface area contributed by atoms with E-state index in [0.717, 1.165) is 12.1 Å². The van der Waals surface area contributed by atoms with Crippen molar-refractivity contribution in [1.29, 1.82) is 0 Å². The third kappa shape index (κ3) is 2.90. The summed E-state index contributed by atoms with van der Waals surface area (Å²) in [6, 6.07) is 3.04. The van der Waals surface area contributed by atoms with Crippen LogP contribution >= 0.6 is 11.6 Å². The van der Waals surface area contributed by atoms with Gasteiger partial charge < -0.3 is 9.84 Å². The summed E-state index contributed by atoms with van der Waals surface area (Å²) in [5.41, 5.74) is -0.790. The Morgan fingerprint density at radius 3 is 2.50 bits per heavy atom. The Hall–Kier alpha value is -0.940. The summed E-state index contributed by atoms with van der Waals surface area (Å²) in [6.07, 6.45) is -3.07. The third-order valence-electron chi connectivity index (χ3n) is 3.00. The van der Waals surface area contributed by atoms with Crippen LogP contribution in [0.15, 0.2) is 18.2 Å². The summed E-state index contributed by atoms with van der Waals surface area (Å²) in [4.78, 5) is 0. The van der Waals surface area contributed by atoms with Gasteiger partial charge in [0.25, 0.3) is 0 Å². The van der Waals surface area contributed by atoms with Crippen LogP contribution in [0.25, 0.3) is 0 Å². The molecule has 1 aliphatic rings. The molecule has 0 unspecified atom stereocenters. The molecule has 0 amide bonds. The highest BCUT2D eigenvalue weighted by molar-refractivity contribution is 6.32. The summed E-state index contributed by atoms with van der Waals surface area (Å²) < 4.78 is 42.7. The number of ether oxygens (including phenoxy) is 1. The van der Waals surface area contributed by atoms with Crippen molar-refractivity contribution >= 4 is 11.6 Å². The smallest absolute Gasteiger partial charge is 0.416 e. The first-order valence-corrected chi connectivity index (χ1v) is 5.92. The molecular formula is C12H12ClF3O2. The molecule has 0 radical (unpaired) electrons. The lowest BCUT2D eigenvalue weighted by Gasteiger charge is -2.34. The molecule has 0 aliphatic heterocycles. The predicted molar refractivity (Wildman–Crippen MR) is 60.7 cm³/mol. The molecule has 18 heavy (non-hydrogen) atoms. The maximum atomic E-state index is 12.4. The Kier molecular flexibility index (Phi) is 3.73. The summed E-state index contributed by atoms with van der Waals surface area (Å²) in [6.45, 7) is 0.112. The second-order valence-electron chi connectivity index (χ2n) is 4.40. The minimum absolute atomic E-state index is 0.0442. The van der Waals surface area contributed by atoms with E-state index in [2.05, 4.69) is 0 Å². The van der Waals surface area contributed by atoms with Gasteiger partial charge in [0.2, 0.25) is 0 Å². The highest BCUT2D eigenvalue weighted by Crippen LogP contribution is 2.37. The molecule has 1 N–H and O–H groups in total. The fraction of sp³-hybridized carbons (Fsp3) is 0.500. The van der Waals surface area contributed by atoms with Gasteiger partial charge in [-0.05, 0) is 37.0 Å². The van der Waals surface area contributed by atoms with Crippen LogP contribution in [0.1, 0.15) is 18.4 Å². The minimum atomic E-state index is -4.40. The van der Waals surface area contributed by atoms with Crippen LogP contribution in [0, 0.1) is 5.92 Å². The van der Waals surface area contributed by atoms with E-state index in [1.165, 1.54) is 6.07 Å². The number of aliphatic hydroxyl groups is 1. The zero-order valence-corrected chi connectivity index (χ0v) is 10.1. The predicted octanol–water partition coefficient (Wildman–Crippen LogP) is 3.51. The fourth-order valence-electron chi connectivity index (χ4n) is 1.87. The van der Waals surface area contributed by atoms with Crippen LogP contribution < -0.4 is 4.74 Å². The van der Waals surface area contributed by atoms with E-state index < -0.39 is 11.7 Å². The molecule has 0 spiro atoms. The van der Waals surface area contributed by atoms with Crippen molar-refractivity contribution in [1.82, 2.24) is 0 Å². The number of aliphatic hydroxyl groups excluding tert-OH is 1. The van der Waals surface area contributed by atoms with E-state index in [9.17, 15) is 13.2 Å². The van der Waals surface area contributed by atoms with Gasteiger partial charge in [-0.1, -0.05) is 11.6 Å². The van der Waals surface area contributed by atoms with Gasteiger partial charge in [-0.25, -0.2) is 0 Å². The number of hydrogen-bond acceptors (Lipinski definition) is 2. The van der Waals surface area contributed by atoms with Crippen molar-refractivity contribution in [3.8, 4) is 5.75 Å². The number of benzene rings is 1. The van der Waals surface area contributed by atoms with Gasteiger partial charge in [0, 0.05) is 6.61 Å².